The summed E-state index contributed by atoms with van der Waals surface area (Å²) in [4.78, 5) is 15.6. The van der Waals surface area contributed by atoms with Crippen LogP contribution in [0.1, 0.15) is 9.75 Å². The Kier molecular flexibility index (Phi) is 2.22. The largest absolute Gasteiger partial charge is 0.336 e. The van der Waals surface area contributed by atoms with Crippen LogP contribution in [0.5, 0.6) is 0 Å². The van der Waals surface area contributed by atoms with Gasteiger partial charge in [-0.15, -0.1) is 11.3 Å². The number of nitrogens with zero attached hydrogens (tertiary/aromatic N) is 1. The molecule has 4 heteroatoms. The van der Waals surface area contributed by atoms with Crippen molar-refractivity contribution in [1.82, 2.24) is 10.2 Å². The van der Waals surface area contributed by atoms with Gasteiger partial charge in [0.1, 0.15) is 0 Å². The number of hydrogen-bond acceptors (Lipinski definition) is 2. The molecule has 1 aromatic heterocycles. The molecule has 2 amide bonds. The zero-order valence-corrected chi connectivity index (χ0v) is 8.36. The molecule has 0 unspecified atom stereocenters. The van der Waals surface area contributed by atoms with Crippen molar-refractivity contribution >= 4 is 17.4 Å². The fourth-order valence-electron chi connectivity index (χ4n) is 1.42. The lowest BCUT2D eigenvalue weighted by Crippen LogP contribution is -2.27. The van der Waals surface area contributed by atoms with Gasteiger partial charge >= 0.3 is 6.03 Å². The number of urea groups is 1. The topological polar surface area (TPSA) is 32.3 Å². The summed E-state index contributed by atoms with van der Waals surface area (Å²) < 4.78 is 0. The zero-order chi connectivity index (χ0) is 9.26. The van der Waals surface area contributed by atoms with E-state index in [2.05, 4.69) is 24.4 Å². The molecule has 70 valence electrons. The smallest absolute Gasteiger partial charge is 0.317 e. The minimum absolute atomic E-state index is 0.0612. The minimum Gasteiger partial charge on any atom is -0.336 e. The third kappa shape index (κ3) is 1.83. The van der Waals surface area contributed by atoms with Gasteiger partial charge in [0.15, 0.2) is 0 Å². The van der Waals surface area contributed by atoms with Gasteiger partial charge in [-0.3, -0.25) is 0 Å². The van der Waals surface area contributed by atoms with Crippen LogP contribution < -0.4 is 5.32 Å². The highest BCUT2D eigenvalue weighted by Gasteiger charge is 2.19. The second kappa shape index (κ2) is 3.38. The van der Waals surface area contributed by atoms with E-state index in [0.29, 0.717) is 0 Å². The highest BCUT2D eigenvalue weighted by molar-refractivity contribution is 7.11. The molecule has 0 saturated carbocycles. The van der Waals surface area contributed by atoms with Crippen molar-refractivity contribution in [2.45, 2.75) is 13.5 Å². The number of rotatable bonds is 2. The van der Waals surface area contributed by atoms with Crippen molar-refractivity contribution in [3.8, 4) is 0 Å². The maximum atomic E-state index is 11.2. The van der Waals surface area contributed by atoms with Gasteiger partial charge in [-0.25, -0.2) is 4.79 Å². The SMILES string of the molecule is Cc1ccc(CN2CCNC2=O)s1. The van der Waals surface area contributed by atoms with Crippen molar-refractivity contribution in [3.63, 3.8) is 0 Å². The lowest BCUT2D eigenvalue weighted by Gasteiger charge is -2.11. The normalized spacial score (nSPS) is 16.4. The van der Waals surface area contributed by atoms with Crippen molar-refractivity contribution in [2.24, 2.45) is 0 Å². The molecule has 1 fully saturated rings. The molecule has 0 aliphatic carbocycles. The van der Waals surface area contributed by atoms with Gasteiger partial charge in [0.05, 0.1) is 6.54 Å². The number of nitrogens with one attached hydrogen (secondary N) is 1. The Balaban J connectivity index is 2.01. The van der Waals surface area contributed by atoms with E-state index in [9.17, 15) is 4.79 Å². The monoisotopic (exact) mass is 196 g/mol. The van der Waals surface area contributed by atoms with Gasteiger partial charge in [0.2, 0.25) is 0 Å². The molecular weight excluding hydrogens is 184 g/mol. The molecule has 0 atom stereocenters. The summed E-state index contributed by atoms with van der Waals surface area (Å²) in [5.74, 6) is 0. The minimum atomic E-state index is 0.0612. The van der Waals surface area contributed by atoms with Crippen LogP contribution >= 0.6 is 11.3 Å². The Morgan fingerprint density at radius 1 is 1.62 bits per heavy atom. The molecule has 3 nitrogen and oxygen atoms in total. The maximum Gasteiger partial charge on any atom is 0.317 e. The third-order valence-corrected chi connectivity index (χ3v) is 3.07. The summed E-state index contributed by atoms with van der Waals surface area (Å²) in [6.07, 6.45) is 0. The van der Waals surface area contributed by atoms with E-state index in [0.717, 1.165) is 19.6 Å². The number of hydrogen-bond donors (Lipinski definition) is 1. The van der Waals surface area contributed by atoms with Gasteiger partial charge in [0.25, 0.3) is 0 Å². The first-order chi connectivity index (χ1) is 6.25. The van der Waals surface area contributed by atoms with Crippen molar-refractivity contribution in [1.29, 1.82) is 0 Å². The van der Waals surface area contributed by atoms with Gasteiger partial charge < -0.3 is 10.2 Å². The summed E-state index contributed by atoms with van der Waals surface area (Å²) in [6.45, 7) is 4.45. The molecule has 1 aliphatic heterocycles. The molecule has 0 bridgehead atoms. The van der Waals surface area contributed by atoms with Crippen LogP contribution in [0.4, 0.5) is 4.79 Å². The fraction of sp³-hybridized carbons (Fsp3) is 0.444. The molecule has 2 rings (SSSR count). The van der Waals surface area contributed by atoms with E-state index in [1.54, 1.807) is 11.3 Å². The third-order valence-electron chi connectivity index (χ3n) is 2.09. The fourth-order valence-corrected chi connectivity index (χ4v) is 2.33. The Bertz CT molecular complexity index is 321. The molecule has 1 aromatic rings. The summed E-state index contributed by atoms with van der Waals surface area (Å²) in [5, 5.41) is 2.79. The first-order valence-electron chi connectivity index (χ1n) is 4.34. The first-order valence-corrected chi connectivity index (χ1v) is 5.15. The highest BCUT2D eigenvalue weighted by Crippen LogP contribution is 2.17. The molecular formula is C9H12N2OS. The van der Waals surface area contributed by atoms with Crippen LogP contribution in [-0.4, -0.2) is 24.0 Å². The lowest BCUT2D eigenvalue weighted by atomic mass is 10.4. The van der Waals surface area contributed by atoms with Crippen LogP contribution in [0.3, 0.4) is 0 Å². The van der Waals surface area contributed by atoms with Crippen molar-refractivity contribution in [2.75, 3.05) is 13.1 Å². The number of carbonyl (C=O) groups is 1. The molecule has 1 saturated heterocycles. The second-order valence-electron chi connectivity index (χ2n) is 3.17. The Morgan fingerprint density at radius 3 is 3.00 bits per heavy atom. The molecule has 1 N–H and O–H groups in total. The van der Waals surface area contributed by atoms with Crippen molar-refractivity contribution in [3.05, 3.63) is 21.9 Å². The maximum absolute atomic E-state index is 11.2. The number of amides is 2. The first kappa shape index (κ1) is 8.56. The van der Waals surface area contributed by atoms with E-state index in [1.807, 2.05) is 4.90 Å². The summed E-state index contributed by atoms with van der Waals surface area (Å²) in [7, 11) is 0. The van der Waals surface area contributed by atoms with Crippen LogP contribution in [0.2, 0.25) is 0 Å². The Labute approximate surface area is 81.4 Å². The van der Waals surface area contributed by atoms with E-state index in [4.69, 9.17) is 0 Å². The summed E-state index contributed by atoms with van der Waals surface area (Å²) >= 11 is 1.75. The predicted molar refractivity (Wildman–Crippen MR) is 52.9 cm³/mol. The average molecular weight is 196 g/mol. The van der Waals surface area contributed by atoms with E-state index >= 15 is 0 Å². The van der Waals surface area contributed by atoms with Crippen LogP contribution in [0, 0.1) is 6.92 Å². The highest BCUT2D eigenvalue weighted by atomic mass is 32.1. The number of aryl methyl sites for hydroxylation is 1. The predicted octanol–water partition coefficient (Wildman–Crippen LogP) is 1.58. The van der Waals surface area contributed by atoms with Gasteiger partial charge in [-0.05, 0) is 19.1 Å². The molecule has 1 aliphatic rings. The lowest BCUT2D eigenvalue weighted by molar-refractivity contribution is 0.216. The van der Waals surface area contributed by atoms with Crippen LogP contribution in [-0.2, 0) is 6.54 Å². The number of thiophene rings is 1. The number of carbonyl (C=O) groups excluding carboxylic acids is 1. The van der Waals surface area contributed by atoms with E-state index < -0.39 is 0 Å². The van der Waals surface area contributed by atoms with Crippen molar-refractivity contribution < 1.29 is 4.79 Å². The van der Waals surface area contributed by atoms with E-state index in [1.165, 1.54) is 9.75 Å². The zero-order valence-electron chi connectivity index (χ0n) is 7.54. The average Bonchev–Trinajstić information content (AvgIpc) is 2.64. The van der Waals surface area contributed by atoms with Gasteiger partial charge in [-0.1, -0.05) is 0 Å². The quantitative estimate of drug-likeness (QED) is 0.765. The van der Waals surface area contributed by atoms with Gasteiger partial charge in [-0.2, -0.15) is 0 Å². The van der Waals surface area contributed by atoms with Crippen LogP contribution in [0.15, 0.2) is 12.1 Å². The Hall–Kier alpha value is -1.03. The molecule has 0 radical (unpaired) electrons. The van der Waals surface area contributed by atoms with E-state index in [-0.39, 0.29) is 6.03 Å². The standard InChI is InChI=1S/C9H12N2OS/c1-7-2-3-8(13-7)6-11-5-4-10-9(11)12/h2-3H,4-6H2,1H3,(H,10,12). The molecule has 2 heterocycles. The second-order valence-corrected chi connectivity index (χ2v) is 4.54. The molecule has 0 aromatic carbocycles. The summed E-state index contributed by atoms with van der Waals surface area (Å²) in [6, 6.07) is 4.24. The summed E-state index contributed by atoms with van der Waals surface area (Å²) in [5.41, 5.74) is 0. The van der Waals surface area contributed by atoms with Gasteiger partial charge in [0, 0.05) is 22.8 Å². The Morgan fingerprint density at radius 2 is 2.46 bits per heavy atom. The van der Waals surface area contributed by atoms with Crippen LogP contribution in [0.25, 0.3) is 0 Å². The molecule has 13 heavy (non-hydrogen) atoms. The molecule has 0 spiro atoms.